The number of rotatable bonds is 3. The number of benzene rings is 1. The van der Waals surface area contributed by atoms with Crippen molar-refractivity contribution >= 4 is 35.1 Å². The van der Waals surface area contributed by atoms with E-state index < -0.39 is 0 Å². The molecule has 4 heteroatoms. The topological polar surface area (TPSA) is 12.0 Å². The molecule has 0 aromatic heterocycles. The van der Waals surface area contributed by atoms with Gasteiger partial charge < -0.3 is 5.32 Å². The van der Waals surface area contributed by atoms with E-state index >= 15 is 0 Å². The van der Waals surface area contributed by atoms with Crippen molar-refractivity contribution in [3.8, 4) is 0 Å². The zero-order valence-corrected chi connectivity index (χ0v) is 12.6. The van der Waals surface area contributed by atoms with Crippen LogP contribution in [0.4, 0.5) is 0 Å². The van der Waals surface area contributed by atoms with Crippen molar-refractivity contribution in [2.45, 2.75) is 18.2 Å². The molecular formula is C13H18ClNS2. The van der Waals surface area contributed by atoms with Crippen LogP contribution in [-0.2, 0) is 0 Å². The standard InChI is InChI=1S/C13H18ClNS2/c1-9-3-4-10(7-11(9)14)13(15-2)12-8-16-5-6-17-12/h3-4,7,12-13,15H,5-6,8H2,1-2H3. The Hall–Kier alpha value is 0.170. The largest absolute Gasteiger partial charge is 0.312 e. The summed E-state index contributed by atoms with van der Waals surface area (Å²) < 4.78 is 0. The molecule has 0 amide bonds. The second-order valence-corrected chi connectivity index (χ2v) is 7.16. The minimum atomic E-state index is 0.408. The van der Waals surface area contributed by atoms with E-state index in [-0.39, 0.29) is 0 Å². The predicted molar refractivity (Wildman–Crippen MR) is 81.6 cm³/mol. The molecule has 1 aromatic rings. The molecule has 0 aliphatic carbocycles. The molecule has 1 aromatic carbocycles. The Bertz CT molecular complexity index is 378. The van der Waals surface area contributed by atoms with Crippen molar-refractivity contribution in [1.29, 1.82) is 0 Å². The second kappa shape index (κ2) is 6.37. The van der Waals surface area contributed by atoms with Gasteiger partial charge in [-0.25, -0.2) is 0 Å². The molecular weight excluding hydrogens is 270 g/mol. The van der Waals surface area contributed by atoms with Crippen LogP contribution in [-0.4, -0.2) is 29.6 Å². The number of halogens is 1. The van der Waals surface area contributed by atoms with Crippen molar-refractivity contribution in [2.24, 2.45) is 0 Å². The highest BCUT2D eigenvalue weighted by atomic mass is 35.5. The van der Waals surface area contributed by atoms with Crippen molar-refractivity contribution in [3.05, 3.63) is 34.3 Å². The fraction of sp³-hybridized carbons (Fsp3) is 0.538. The SMILES string of the molecule is CNC(c1ccc(C)c(Cl)c1)C1CSCCS1. The highest BCUT2D eigenvalue weighted by molar-refractivity contribution is 8.06. The smallest absolute Gasteiger partial charge is 0.0446 e. The van der Waals surface area contributed by atoms with E-state index in [0.717, 1.165) is 10.6 Å². The Balaban J connectivity index is 2.18. The van der Waals surface area contributed by atoms with Crippen LogP contribution in [0.2, 0.25) is 5.02 Å². The predicted octanol–water partition coefficient (Wildman–Crippen LogP) is 3.76. The van der Waals surface area contributed by atoms with Crippen LogP contribution < -0.4 is 5.32 Å². The zero-order chi connectivity index (χ0) is 12.3. The molecule has 1 aliphatic rings. The first-order chi connectivity index (χ1) is 8.22. The molecule has 2 atom stereocenters. The number of hydrogen-bond acceptors (Lipinski definition) is 3. The molecule has 2 rings (SSSR count). The van der Waals surface area contributed by atoms with Gasteiger partial charge in [0.05, 0.1) is 0 Å². The van der Waals surface area contributed by atoms with Crippen LogP contribution in [0.15, 0.2) is 18.2 Å². The molecule has 1 fully saturated rings. The Kier molecular flexibility index (Phi) is 5.10. The Labute approximate surface area is 117 Å². The summed E-state index contributed by atoms with van der Waals surface area (Å²) in [5, 5.41) is 4.96. The number of aryl methyl sites for hydroxylation is 1. The van der Waals surface area contributed by atoms with Crippen molar-refractivity contribution in [1.82, 2.24) is 5.32 Å². The minimum absolute atomic E-state index is 0.408. The van der Waals surface area contributed by atoms with E-state index in [2.05, 4.69) is 47.0 Å². The van der Waals surface area contributed by atoms with Gasteiger partial charge in [0, 0.05) is 33.6 Å². The van der Waals surface area contributed by atoms with Crippen LogP contribution in [0, 0.1) is 6.92 Å². The first kappa shape index (κ1) is 13.6. The summed E-state index contributed by atoms with van der Waals surface area (Å²) in [6.45, 7) is 2.05. The Morgan fingerprint density at radius 2 is 2.24 bits per heavy atom. The fourth-order valence-corrected chi connectivity index (χ4v) is 5.17. The maximum Gasteiger partial charge on any atom is 0.0446 e. The van der Waals surface area contributed by atoms with Gasteiger partial charge in [-0.05, 0) is 31.2 Å². The highest BCUT2D eigenvalue weighted by Crippen LogP contribution is 2.34. The third-order valence-corrected chi connectivity index (χ3v) is 6.35. The van der Waals surface area contributed by atoms with Gasteiger partial charge in [0.15, 0.2) is 0 Å². The maximum absolute atomic E-state index is 6.21. The van der Waals surface area contributed by atoms with Crippen molar-refractivity contribution in [3.63, 3.8) is 0 Å². The van der Waals surface area contributed by atoms with Crippen molar-refractivity contribution in [2.75, 3.05) is 24.3 Å². The molecule has 17 heavy (non-hydrogen) atoms. The minimum Gasteiger partial charge on any atom is -0.312 e. The third kappa shape index (κ3) is 3.34. The molecule has 1 N–H and O–H groups in total. The summed E-state index contributed by atoms with van der Waals surface area (Å²) in [5.74, 6) is 3.76. The lowest BCUT2D eigenvalue weighted by Crippen LogP contribution is -2.31. The molecule has 0 spiro atoms. The van der Waals surface area contributed by atoms with Gasteiger partial charge in [-0.3, -0.25) is 0 Å². The van der Waals surface area contributed by atoms with Crippen molar-refractivity contribution < 1.29 is 0 Å². The quantitative estimate of drug-likeness (QED) is 0.909. The third-order valence-electron chi connectivity index (χ3n) is 3.08. The summed E-state index contributed by atoms with van der Waals surface area (Å²) in [4.78, 5) is 0. The Morgan fingerprint density at radius 1 is 1.41 bits per heavy atom. The monoisotopic (exact) mass is 287 g/mol. The first-order valence-corrected chi connectivity index (χ1v) is 8.43. The number of hydrogen-bond donors (Lipinski definition) is 1. The van der Waals surface area contributed by atoms with Crippen LogP contribution in [0.3, 0.4) is 0 Å². The van der Waals surface area contributed by atoms with Crippen LogP contribution in [0.1, 0.15) is 17.2 Å². The molecule has 0 saturated carbocycles. The van der Waals surface area contributed by atoms with Crippen LogP contribution in [0.25, 0.3) is 0 Å². The summed E-state index contributed by atoms with van der Waals surface area (Å²) in [6.07, 6.45) is 0. The second-order valence-electron chi connectivity index (χ2n) is 4.26. The molecule has 2 unspecified atom stereocenters. The molecule has 1 saturated heterocycles. The summed E-state index contributed by atoms with van der Waals surface area (Å²) in [5.41, 5.74) is 2.46. The fourth-order valence-electron chi connectivity index (χ4n) is 2.07. The molecule has 1 heterocycles. The molecule has 1 aliphatic heterocycles. The first-order valence-electron chi connectivity index (χ1n) is 5.85. The lowest BCUT2D eigenvalue weighted by atomic mass is 10.0. The molecule has 94 valence electrons. The van der Waals surface area contributed by atoms with Gasteiger partial charge in [-0.1, -0.05) is 23.7 Å². The van der Waals surface area contributed by atoms with Gasteiger partial charge >= 0.3 is 0 Å². The van der Waals surface area contributed by atoms with E-state index in [1.807, 2.05) is 14.0 Å². The Morgan fingerprint density at radius 3 is 2.82 bits per heavy atom. The molecule has 1 nitrogen and oxygen atoms in total. The van der Waals surface area contributed by atoms with Crippen LogP contribution >= 0.6 is 35.1 Å². The van der Waals surface area contributed by atoms with Crippen LogP contribution in [0.5, 0.6) is 0 Å². The average molecular weight is 288 g/mol. The lowest BCUT2D eigenvalue weighted by Gasteiger charge is -2.29. The van der Waals surface area contributed by atoms with Gasteiger partial charge in [0.2, 0.25) is 0 Å². The molecule has 0 radical (unpaired) electrons. The van der Waals surface area contributed by atoms with Gasteiger partial charge in [0.25, 0.3) is 0 Å². The van der Waals surface area contributed by atoms with E-state index in [1.165, 1.54) is 22.8 Å². The highest BCUT2D eigenvalue weighted by Gasteiger charge is 2.24. The normalized spacial score (nSPS) is 22.4. The summed E-state index contributed by atoms with van der Waals surface area (Å²) >= 11 is 10.3. The van der Waals surface area contributed by atoms with Gasteiger partial charge in [0.1, 0.15) is 0 Å². The maximum atomic E-state index is 6.21. The summed E-state index contributed by atoms with van der Waals surface area (Å²) in [7, 11) is 2.04. The molecule has 0 bridgehead atoms. The van der Waals surface area contributed by atoms with E-state index in [0.29, 0.717) is 11.3 Å². The number of nitrogens with one attached hydrogen (secondary N) is 1. The average Bonchev–Trinajstić information content (AvgIpc) is 2.36. The van der Waals surface area contributed by atoms with Gasteiger partial charge in [-0.15, -0.1) is 0 Å². The zero-order valence-electron chi connectivity index (χ0n) is 10.2. The van der Waals surface area contributed by atoms with E-state index in [4.69, 9.17) is 11.6 Å². The summed E-state index contributed by atoms with van der Waals surface area (Å²) in [6, 6.07) is 6.83. The van der Waals surface area contributed by atoms with E-state index in [9.17, 15) is 0 Å². The van der Waals surface area contributed by atoms with Gasteiger partial charge in [-0.2, -0.15) is 23.5 Å². The van der Waals surface area contributed by atoms with E-state index in [1.54, 1.807) is 0 Å². The number of thioether (sulfide) groups is 2. The lowest BCUT2D eigenvalue weighted by molar-refractivity contribution is 0.592.